The summed E-state index contributed by atoms with van der Waals surface area (Å²) < 4.78 is 5.21. The number of hydrogen-bond acceptors (Lipinski definition) is 3. The Balaban J connectivity index is 2.80. The second kappa shape index (κ2) is 2.73. The number of hydrogen-bond donors (Lipinski definition) is 1. The molecule has 0 aliphatic heterocycles. The van der Waals surface area contributed by atoms with Crippen LogP contribution in [0.25, 0.3) is 11.2 Å². The van der Waals surface area contributed by atoms with Crippen molar-refractivity contribution >= 4 is 11.2 Å². The van der Waals surface area contributed by atoms with Crippen LogP contribution in [0.4, 0.5) is 0 Å². The molecule has 0 saturated heterocycles. The number of nitrogens with one attached hydrogen (secondary N) is 1. The molecule has 0 aliphatic carbocycles. The van der Waals surface area contributed by atoms with Gasteiger partial charge in [0.2, 0.25) is 0 Å². The van der Waals surface area contributed by atoms with Gasteiger partial charge in [0.05, 0.1) is 7.11 Å². The van der Waals surface area contributed by atoms with Gasteiger partial charge >= 0.3 is 0 Å². The van der Waals surface area contributed by atoms with Gasteiger partial charge in [-0.1, -0.05) is 0 Å². The smallest absolute Gasteiger partial charge is 0.181 e. The van der Waals surface area contributed by atoms with Crippen molar-refractivity contribution in [3.8, 4) is 5.75 Å². The number of H-pyrrole nitrogens is 1. The molecule has 0 radical (unpaired) electrons. The van der Waals surface area contributed by atoms with E-state index in [1.54, 1.807) is 7.11 Å². The third kappa shape index (κ3) is 1.24. The van der Waals surface area contributed by atoms with E-state index in [2.05, 4.69) is 15.0 Å². The van der Waals surface area contributed by atoms with E-state index >= 15 is 0 Å². The van der Waals surface area contributed by atoms with Crippen LogP contribution in [0.3, 0.4) is 0 Å². The Morgan fingerprint density at radius 3 is 2.77 bits per heavy atom. The van der Waals surface area contributed by atoms with Crippen molar-refractivity contribution < 1.29 is 4.74 Å². The van der Waals surface area contributed by atoms with Crippen molar-refractivity contribution in [2.45, 2.75) is 13.8 Å². The average Bonchev–Trinajstić information content (AvgIpc) is 2.43. The highest BCUT2D eigenvalue weighted by Gasteiger charge is 2.07. The SMILES string of the molecule is COc1cc(C)nc2nc(C)[nH]c12. The van der Waals surface area contributed by atoms with Gasteiger partial charge in [-0.2, -0.15) is 0 Å². The lowest BCUT2D eigenvalue weighted by atomic mass is 10.3. The van der Waals surface area contributed by atoms with Crippen LogP contribution in [0.5, 0.6) is 5.75 Å². The topological polar surface area (TPSA) is 50.8 Å². The summed E-state index contributed by atoms with van der Waals surface area (Å²) in [7, 11) is 1.64. The number of fused-ring (bicyclic) bond motifs is 1. The van der Waals surface area contributed by atoms with Crippen molar-refractivity contribution in [1.29, 1.82) is 0 Å². The van der Waals surface area contributed by atoms with Crippen LogP contribution in [0.15, 0.2) is 6.07 Å². The summed E-state index contributed by atoms with van der Waals surface area (Å²) in [5, 5.41) is 0. The van der Waals surface area contributed by atoms with Gasteiger partial charge in [0.25, 0.3) is 0 Å². The summed E-state index contributed by atoms with van der Waals surface area (Å²) in [4.78, 5) is 11.6. The second-order valence-corrected chi connectivity index (χ2v) is 2.99. The molecule has 0 saturated carbocycles. The van der Waals surface area contributed by atoms with E-state index in [0.29, 0.717) is 5.65 Å². The zero-order chi connectivity index (χ0) is 9.42. The highest BCUT2D eigenvalue weighted by Crippen LogP contribution is 2.22. The molecule has 0 unspecified atom stereocenters. The number of pyridine rings is 1. The maximum atomic E-state index is 5.21. The molecule has 0 atom stereocenters. The Bertz CT molecular complexity index is 447. The molecule has 0 fully saturated rings. The number of imidazole rings is 1. The summed E-state index contributed by atoms with van der Waals surface area (Å²) in [5.41, 5.74) is 2.50. The van der Waals surface area contributed by atoms with E-state index in [4.69, 9.17) is 4.74 Å². The number of aryl methyl sites for hydroxylation is 2. The van der Waals surface area contributed by atoms with Crippen LogP contribution in [-0.4, -0.2) is 22.1 Å². The third-order valence-corrected chi connectivity index (χ3v) is 1.89. The number of aromatic amines is 1. The molecule has 0 bridgehead atoms. The highest BCUT2D eigenvalue weighted by atomic mass is 16.5. The van der Waals surface area contributed by atoms with E-state index in [9.17, 15) is 0 Å². The van der Waals surface area contributed by atoms with Crippen molar-refractivity contribution in [2.24, 2.45) is 0 Å². The quantitative estimate of drug-likeness (QED) is 0.719. The molecule has 2 aromatic rings. The van der Waals surface area contributed by atoms with Gasteiger partial charge in [-0.15, -0.1) is 0 Å². The average molecular weight is 177 g/mol. The lowest BCUT2D eigenvalue weighted by Gasteiger charge is -2.00. The van der Waals surface area contributed by atoms with Crippen molar-refractivity contribution in [3.63, 3.8) is 0 Å². The van der Waals surface area contributed by atoms with E-state index in [-0.39, 0.29) is 0 Å². The summed E-state index contributed by atoms with van der Waals surface area (Å²) in [6.45, 7) is 3.82. The van der Waals surface area contributed by atoms with Crippen LogP contribution in [0.2, 0.25) is 0 Å². The zero-order valence-electron chi connectivity index (χ0n) is 7.88. The first-order chi connectivity index (χ1) is 6.20. The molecule has 0 amide bonds. The van der Waals surface area contributed by atoms with E-state index in [1.807, 2.05) is 19.9 Å². The lowest BCUT2D eigenvalue weighted by Crippen LogP contribution is -1.89. The van der Waals surface area contributed by atoms with Crippen LogP contribution in [-0.2, 0) is 0 Å². The first-order valence-electron chi connectivity index (χ1n) is 4.08. The van der Waals surface area contributed by atoms with Gasteiger partial charge in [-0.3, -0.25) is 0 Å². The normalized spacial score (nSPS) is 10.7. The maximum Gasteiger partial charge on any atom is 0.181 e. The number of aromatic nitrogens is 3. The fourth-order valence-corrected chi connectivity index (χ4v) is 1.35. The van der Waals surface area contributed by atoms with E-state index < -0.39 is 0 Å². The van der Waals surface area contributed by atoms with Crippen LogP contribution >= 0.6 is 0 Å². The van der Waals surface area contributed by atoms with E-state index in [1.165, 1.54) is 0 Å². The first kappa shape index (κ1) is 8.04. The zero-order valence-corrected chi connectivity index (χ0v) is 7.88. The van der Waals surface area contributed by atoms with Gasteiger partial charge in [-0.25, -0.2) is 9.97 Å². The molecule has 2 aromatic heterocycles. The number of methoxy groups -OCH3 is 1. The summed E-state index contributed by atoms with van der Waals surface area (Å²) in [5.74, 6) is 1.65. The van der Waals surface area contributed by atoms with Gasteiger partial charge in [0.15, 0.2) is 5.65 Å². The molecular weight excluding hydrogens is 166 g/mol. The fourth-order valence-electron chi connectivity index (χ4n) is 1.35. The molecule has 2 rings (SSSR count). The van der Waals surface area contributed by atoms with E-state index in [0.717, 1.165) is 22.8 Å². The molecule has 2 heterocycles. The fraction of sp³-hybridized carbons (Fsp3) is 0.333. The Kier molecular flexibility index (Phi) is 1.69. The van der Waals surface area contributed by atoms with Crippen molar-refractivity contribution in [3.05, 3.63) is 17.6 Å². The van der Waals surface area contributed by atoms with Crippen LogP contribution in [0, 0.1) is 13.8 Å². The van der Waals surface area contributed by atoms with Crippen molar-refractivity contribution in [1.82, 2.24) is 15.0 Å². The molecule has 4 nitrogen and oxygen atoms in total. The van der Waals surface area contributed by atoms with Gasteiger partial charge in [0, 0.05) is 11.8 Å². The summed E-state index contributed by atoms with van der Waals surface area (Å²) in [6.07, 6.45) is 0. The Morgan fingerprint density at radius 1 is 1.31 bits per heavy atom. The predicted molar refractivity (Wildman–Crippen MR) is 49.9 cm³/mol. The highest BCUT2D eigenvalue weighted by molar-refractivity contribution is 5.78. The molecule has 4 heteroatoms. The monoisotopic (exact) mass is 177 g/mol. The third-order valence-electron chi connectivity index (χ3n) is 1.89. The first-order valence-corrected chi connectivity index (χ1v) is 4.08. The minimum absolute atomic E-state index is 0.717. The van der Waals surface area contributed by atoms with Crippen LogP contribution < -0.4 is 4.74 Å². The number of ether oxygens (including phenoxy) is 1. The minimum Gasteiger partial charge on any atom is -0.494 e. The second-order valence-electron chi connectivity index (χ2n) is 2.99. The minimum atomic E-state index is 0.717. The Labute approximate surface area is 76.0 Å². The summed E-state index contributed by atoms with van der Waals surface area (Å²) >= 11 is 0. The molecular formula is C9H11N3O. The standard InChI is InChI=1S/C9H11N3O/c1-5-4-7(13-3)8-9(10-5)12-6(2)11-8/h4H,1-3H3,(H,10,11,12). The Hall–Kier alpha value is -1.58. The molecule has 1 N–H and O–H groups in total. The molecule has 0 aromatic carbocycles. The Morgan fingerprint density at radius 2 is 2.08 bits per heavy atom. The van der Waals surface area contributed by atoms with Gasteiger partial charge < -0.3 is 9.72 Å². The number of nitrogens with zero attached hydrogens (tertiary/aromatic N) is 2. The molecule has 13 heavy (non-hydrogen) atoms. The van der Waals surface area contributed by atoms with Gasteiger partial charge in [0.1, 0.15) is 17.1 Å². The molecule has 68 valence electrons. The predicted octanol–water partition coefficient (Wildman–Crippen LogP) is 1.58. The number of rotatable bonds is 1. The largest absolute Gasteiger partial charge is 0.494 e. The van der Waals surface area contributed by atoms with Gasteiger partial charge in [-0.05, 0) is 13.8 Å². The van der Waals surface area contributed by atoms with Crippen molar-refractivity contribution in [2.75, 3.05) is 7.11 Å². The molecule has 0 spiro atoms. The molecule has 0 aliphatic rings. The lowest BCUT2D eigenvalue weighted by molar-refractivity contribution is 0.418. The summed E-state index contributed by atoms with van der Waals surface area (Å²) in [6, 6.07) is 1.89. The maximum absolute atomic E-state index is 5.21. The van der Waals surface area contributed by atoms with Crippen LogP contribution in [0.1, 0.15) is 11.5 Å².